The summed E-state index contributed by atoms with van der Waals surface area (Å²) in [6.45, 7) is 3.63. The second kappa shape index (κ2) is 10.9. The monoisotopic (exact) mass is 503 g/mol. The van der Waals surface area contributed by atoms with E-state index in [0.717, 1.165) is 21.3 Å². The van der Waals surface area contributed by atoms with Gasteiger partial charge in [-0.3, -0.25) is 0 Å². The minimum absolute atomic E-state index is 0.0517. The van der Waals surface area contributed by atoms with E-state index in [9.17, 15) is 18.3 Å². The van der Waals surface area contributed by atoms with Gasteiger partial charge in [-0.1, -0.05) is 11.6 Å². The van der Waals surface area contributed by atoms with Crippen molar-refractivity contribution in [2.24, 2.45) is 7.05 Å². The van der Waals surface area contributed by atoms with E-state index in [0.29, 0.717) is 10.8 Å². The minimum atomic E-state index is -5.08. The van der Waals surface area contributed by atoms with Crippen LogP contribution >= 0.6 is 23.4 Å². The Morgan fingerprint density at radius 1 is 1.15 bits per heavy atom. The van der Waals surface area contributed by atoms with Gasteiger partial charge in [-0.15, -0.1) is 0 Å². The zero-order chi connectivity index (χ0) is 24.8. The summed E-state index contributed by atoms with van der Waals surface area (Å²) in [5, 5.41) is 18.9. The topological polar surface area (TPSA) is 97.5 Å². The molecule has 33 heavy (non-hydrogen) atoms. The molecule has 2 aromatic heterocycles. The summed E-state index contributed by atoms with van der Waals surface area (Å²) in [5.74, 6) is -2.05. The molecule has 0 fully saturated rings. The Hall–Kier alpha value is -2.76. The summed E-state index contributed by atoms with van der Waals surface area (Å²) >= 11 is 7.44. The first kappa shape index (κ1) is 26.5. The lowest BCUT2D eigenvalue weighted by molar-refractivity contribution is -0.192. The van der Waals surface area contributed by atoms with Gasteiger partial charge in [0.1, 0.15) is 27.1 Å². The van der Waals surface area contributed by atoms with Gasteiger partial charge in [0.25, 0.3) is 0 Å². The molecule has 1 aromatic carbocycles. The van der Waals surface area contributed by atoms with E-state index in [-0.39, 0.29) is 6.61 Å². The maximum atomic E-state index is 10.6. The fourth-order valence-electron chi connectivity index (χ4n) is 2.29. The smallest absolute Gasteiger partial charge is 0.485 e. The molecular formula is C21H21ClF3N3O4S. The van der Waals surface area contributed by atoms with Crippen LogP contribution in [0.3, 0.4) is 0 Å². The molecule has 0 aliphatic rings. The van der Waals surface area contributed by atoms with E-state index in [2.05, 4.69) is 9.97 Å². The molecule has 0 aliphatic carbocycles. The maximum Gasteiger partial charge on any atom is 0.490 e. The molecule has 2 heterocycles. The molecule has 7 nitrogen and oxygen atoms in total. The maximum absolute atomic E-state index is 10.6. The first-order valence-corrected chi connectivity index (χ1v) is 10.5. The molecule has 0 spiro atoms. The van der Waals surface area contributed by atoms with Crippen LogP contribution in [0.4, 0.5) is 13.2 Å². The molecule has 0 aliphatic heterocycles. The standard InChI is InChI=1S/C19H20ClN3O2S.C2HF3O2/c1-19(2,11-24)25-15-7-4-13(5-8-15)17-18(23(3)12-22-17)26-16-9-6-14(20)10-21-16;3-2(4,5)1(6)7/h4-10,12,24H,11H2,1-3H3;(H,6,7). The highest BCUT2D eigenvalue weighted by molar-refractivity contribution is 7.99. The third-order valence-electron chi connectivity index (χ3n) is 3.93. The van der Waals surface area contributed by atoms with Crippen molar-refractivity contribution in [3.8, 4) is 17.0 Å². The van der Waals surface area contributed by atoms with Crippen molar-refractivity contribution in [1.29, 1.82) is 0 Å². The van der Waals surface area contributed by atoms with Gasteiger partial charge >= 0.3 is 12.1 Å². The summed E-state index contributed by atoms with van der Waals surface area (Å²) in [7, 11) is 1.95. The zero-order valence-electron chi connectivity index (χ0n) is 17.8. The Morgan fingerprint density at radius 3 is 2.24 bits per heavy atom. The predicted octanol–water partition coefficient (Wildman–Crippen LogP) is 5.07. The van der Waals surface area contributed by atoms with E-state index in [1.807, 2.05) is 61.9 Å². The second-order valence-corrected chi connectivity index (χ2v) is 8.72. The lowest BCUT2D eigenvalue weighted by atomic mass is 10.1. The van der Waals surface area contributed by atoms with Crippen LogP contribution in [0.1, 0.15) is 13.8 Å². The number of carbonyl (C=O) groups is 1. The number of carboxylic acid groups (broad SMARTS) is 1. The van der Waals surface area contributed by atoms with Crippen LogP contribution in [-0.4, -0.2) is 49.1 Å². The van der Waals surface area contributed by atoms with E-state index >= 15 is 0 Å². The van der Waals surface area contributed by atoms with Crippen molar-refractivity contribution < 1.29 is 32.9 Å². The Morgan fingerprint density at radius 2 is 1.76 bits per heavy atom. The number of hydrogen-bond donors (Lipinski definition) is 2. The lowest BCUT2D eigenvalue weighted by Crippen LogP contribution is -2.32. The van der Waals surface area contributed by atoms with Gasteiger partial charge in [-0.05, 0) is 62.0 Å². The third-order valence-corrected chi connectivity index (χ3v) is 5.28. The van der Waals surface area contributed by atoms with Gasteiger partial charge in [0, 0.05) is 18.8 Å². The number of carboxylic acids is 1. The van der Waals surface area contributed by atoms with Crippen molar-refractivity contribution in [2.45, 2.75) is 35.7 Å². The van der Waals surface area contributed by atoms with Gasteiger partial charge in [0.15, 0.2) is 0 Å². The van der Waals surface area contributed by atoms with Crippen molar-refractivity contribution in [3.63, 3.8) is 0 Å². The number of halogens is 4. The summed E-state index contributed by atoms with van der Waals surface area (Å²) in [6, 6.07) is 11.4. The summed E-state index contributed by atoms with van der Waals surface area (Å²) in [6.07, 6.45) is -1.66. The summed E-state index contributed by atoms with van der Waals surface area (Å²) < 4.78 is 39.5. The second-order valence-electron chi connectivity index (χ2n) is 7.27. The highest BCUT2D eigenvalue weighted by Gasteiger charge is 2.38. The van der Waals surface area contributed by atoms with Crippen LogP contribution in [0.25, 0.3) is 11.3 Å². The van der Waals surface area contributed by atoms with Crippen LogP contribution in [-0.2, 0) is 11.8 Å². The molecule has 0 radical (unpaired) electrons. The molecular weight excluding hydrogens is 483 g/mol. The molecule has 0 saturated carbocycles. The highest BCUT2D eigenvalue weighted by Crippen LogP contribution is 2.35. The van der Waals surface area contributed by atoms with Gasteiger partial charge in [-0.2, -0.15) is 13.2 Å². The number of aryl methyl sites for hydroxylation is 1. The fourth-order valence-corrected chi connectivity index (χ4v) is 3.30. The number of imidazole rings is 1. The molecule has 12 heteroatoms. The number of aliphatic carboxylic acids is 1. The molecule has 0 bridgehead atoms. The third kappa shape index (κ3) is 7.95. The average Bonchev–Trinajstić information content (AvgIpc) is 3.10. The quantitative estimate of drug-likeness (QED) is 0.484. The number of hydrogen-bond acceptors (Lipinski definition) is 6. The highest BCUT2D eigenvalue weighted by atomic mass is 35.5. The van der Waals surface area contributed by atoms with Crippen LogP contribution < -0.4 is 4.74 Å². The Balaban J connectivity index is 0.000000479. The van der Waals surface area contributed by atoms with Crippen LogP contribution in [0.2, 0.25) is 5.02 Å². The van der Waals surface area contributed by atoms with Gasteiger partial charge < -0.3 is 19.5 Å². The van der Waals surface area contributed by atoms with E-state index in [4.69, 9.17) is 26.2 Å². The first-order valence-electron chi connectivity index (χ1n) is 9.33. The molecule has 3 aromatic rings. The number of benzene rings is 1. The number of aromatic nitrogens is 3. The Bertz CT molecular complexity index is 1070. The molecule has 0 saturated heterocycles. The molecule has 0 unspecified atom stereocenters. The predicted molar refractivity (Wildman–Crippen MR) is 117 cm³/mol. The summed E-state index contributed by atoms with van der Waals surface area (Å²) in [4.78, 5) is 17.8. The Labute approximate surface area is 197 Å². The van der Waals surface area contributed by atoms with Gasteiger partial charge in [0.2, 0.25) is 0 Å². The molecule has 0 amide bonds. The van der Waals surface area contributed by atoms with Gasteiger partial charge in [0.05, 0.1) is 18.0 Å². The zero-order valence-corrected chi connectivity index (χ0v) is 19.4. The number of alkyl halides is 3. The number of nitrogens with zero attached hydrogens (tertiary/aromatic N) is 3. The summed E-state index contributed by atoms with van der Waals surface area (Å²) in [5.41, 5.74) is 1.24. The fraction of sp³-hybridized carbons (Fsp3) is 0.286. The van der Waals surface area contributed by atoms with Crippen molar-refractivity contribution in [1.82, 2.24) is 14.5 Å². The minimum Gasteiger partial charge on any atom is -0.485 e. The van der Waals surface area contributed by atoms with E-state index < -0.39 is 17.7 Å². The Kier molecular flexibility index (Phi) is 8.76. The molecule has 178 valence electrons. The lowest BCUT2D eigenvalue weighted by Gasteiger charge is -2.23. The van der Waals surface area contributed by atoms with Crippen LogP contribution in [0.15, 0.2) is 59.0 Å². The number of pyridine rings is 1. The number of ether oxygens (including phenoxy) is 1. The van der Waals surface area contributed by atoms with Gasteiger partial charge in [-0.25, -0.2) is 14.8 Å². The molecule has 0 atom stereocenters. The van der Waals surface area contributed by atoms with Crippen molar-refractivity contribution in [2.75, 3.05) is 6.61 Å². The van der Waals surface area contributed by atoms with E-state index in [1.54, 1.807) is 12.5 Å². The molecule has 3 rings (SSSR count). The first-order chi connectivity index (χ1) is 15.3. The van der Waals surface area contributed by atoms with Crippen molar-refractivity contribution >= 4 is 29.3 Å². The molecule has 2 N–H and O–H groups in total. The number of aliphatic hydroxyl groups is 1. The van der Waals surface area contributed by atoms with Crippen molar-refractivity contribution in [3.05, 3.63) is 53.9 Å². The normalized spacial score (nSPS) is 11.5. The number of rotatable bonds is 6. The van der Waals surface area contributed by atoms with Crippen LogP contribution in [0.5, 0.6) is 5.75 Å². The van der Waals surface area contributed by atoms with Crippen LogP contribution in [0, 0.1) is 0 Å². The number of aliphatic hydroxyl groups excluding tert-OH is 1. The average molecular weight is 504 g/mol. The SMILES string of the molecule is Cn1cnc(-c2ccc(OC(C)(C)CO)cc2)c1Sc1ccc(Cl)cn1.O=C(O)C(F)(F)F. The largest absolute Gasteiger partial charge is 0.490 e. The van der Waals surface area contributed by atoms with E-state index in [1.165, 1.54) is 11.8 Å².